The highest BCUT2D eigenvalue weighted by atomic mass is 35.5. The lowest BCUT2D eigenvalue weighted by molar-refractivity contribution is 0.0591. The summed E-state index contributed by atoms with van der Waals surface area (Å²) < 4.78 is 29.3. The maximum atomic E-state index is 14.3. The molecule has 5 aromatic rings. The number of hydrogen-bond donors (Lipinski definition) is 3. The van der Waals surface area contributed by atoms with E-state index in [1.165, 1.54) is 33.0 Å². The summed E-state index contributed by atoms with van der Waals surface area (Å²) in [5.74, 6) is 0.771. The molecule has 250 valence electrons. The van der Waals surface area contributed by atoms with Crippen LogP contribution < -0.4 is 41.7 Å². The third-order valence-corrected chi connectivity index (χ3v) is 7.08. The van der Waals surface area contributed by atoms with Crippen LogP contribution in [0.5, 0.6) is 23.0 Å². The molecule has 1 aromatic heterocycles. The number of nitrogen functional groups attached to an aromatic ring is 3. The molecule has 0 saturated heterocycles. The van der Waals surface area contributed by atoms with E-state index in [1.807, 2.05) is 0 Å². The van der Waals surface area contributed by atoms with Gasteiger partial charge in [0.25, 0.3) is 5.56 Å². The van der Waals surface area contributed by atoms with Crippen LogP contribution >= 0.6 is 37.2 Å². The summed E-state index contributed by atoms with van der Waals surface area (Å²) in [7, 11) is 5.74. The number of ether oxygens (including phenoxy) is 5. The van der Waals surface area contributed by atoms with Crippen molar-refractivity contribution in [3.63, 3.8) is 0 Å². The lowest BCUT2D eigenvalue weighted by Crippen LogP contribution is -2.27. The summed E-state index contributed by atoms with van der Waals surface area (Å²) >= 11 is 0. The average molecular weight is 706 g/mol. The van der Waals surface area contributed by atoms with E-state index >= 15 is 0 Å². The Labute approximate surface area is 289 Å². The summed E-state index contributed by atoms with van der Waals surface area (Å²) in [6.45, 7) is 0.160. The minimum absolute atomic E-state index is 0. The van der Waals surface area contributed by atoms with E-state index < -0.39 is 11.5 Å². The SMILES string of the molecule is COC(=O)c1c(-c2cc(OC)c(OC)c(OC)c2)c2ccc(OCc3cc(N)cc(N)c3)cc2c(=O)n1-c1ccc(N)cc1.Cl.Cl.Cl. The van der Waals surface area contributed by atoms with Crippen LogP contribution in [0.4, 0.5) is 17.1 Å². The van der Waals surface area contributed by atoms with Gasteiger partial charge in [-0.25, -0.2) is 4.79 Å². The molecule has 0 atom stereocenters. The molecular weight excluding hydrogens is 671 g/mol. The Hall–Kier alpha value is -4.97. The van der Waals surface area contributed by atoms with Crippen molar-refractivity contribution in [1.29, 1.82) is 0 Å². The van der Waals surface area contributed by atoms with Gasteiger partial charge < -0.3 is 40.9 Å². The maximum absolute atomic E-state index is 14.3. The number of methoxy groups -OCH3 is 4. The summed E-state index contributed by atoms with van der Waals surface area (Å²) in [6.07, 6.45) is 0. The van der Waals surface area contributed by atoms with Gasteiger partial charge in [-0.3, -0.25) is 9.36 Å². The number of halogens is 3. The monoisotopic (exact) mass is 704 g/mol. The van der Waals surface area contributed by atoms with Crippen LogP contribution in [-0.4, -0.2) is 39.0 Å². The number of fused-ring (bicyclic) bond motifs is 1. The average Bonchev–Trinajstić information content (AvgIpc) is 3.02. The number of nitrogens with zero attached hydrogens (tertiary/aromatic N) is 1. The Bertz CT molecular complexity index is 1910. The van der Waals surface area contributed by atoms with Crippen molar-refractivity contribution in [2.24, 2.45) is 0 Å². The Kier molecular flexibility index (Phi) is 13.0. The molecule has 0 bridgehead atoms. The molecule has 0 spiro atoms. The number of aromatic nitrogens is 1. The van der Waals surface area contributed by atoms with E-state index in [0.717, 1.165) is 5.56 Å². The summed E-state index contributed by atoms with van der Waals surface area (Å²) in [5.41, 5.74) is 20.9. The second kappa shape index (κ2) is 16.0. The van der Waals surface area contributed by atoms with Gasteiger partial charge in [-0.1, -0.05) is 0 Å². The number of nitrogens with two attached hydrogens (primary N) is 3. The minimum Gasteiger partial charge on any atom is -0.493 e. The zero-order valence-corrected chi connectivity index (χ0v) is 28.3. The predicted octanol–water partition coefficient (Wildman–Crippen LogP) is 6.06. The first-order chi connectivity index (χ1) is 21.2. The van der Waals surface area contributed by atoms with E-state index in [2.05, 4.69) is 0 Å². The fourth-order valence-electron chi connectivity index (χ4n) is 5.14. The second-order valence-electron chi connectivity index (χ2n) is 9.87. The van der Waals surface area contributed by atoms with Crippen molar-refractivity contribution >= 4 is 71.0 Å². The van der Waals surface area contributed by atoms with Crippen molar-refractivity contribution in [2.45, 2.75) is 6.61 Å². The Morgan fingerprint density at radius 2 is 1.30 bits per heavy atom. The van der Waals surface area contributed by atoms with Gasteiger partial charge in [0.2, 0.25) is 5.75 Å². The number of rotatable bonds is 9. The van der Waals surface area contributed by atoms with Gasteiger partial charge in [-0.05, 0) is 89.3 Å². The number of benzene rings is 4. The molecule has 5 rings (SSSR count). The number of pyridine rings is 1. The molecule has 0 fully saturated rings. The Balaban J connectivity index is 0.00000256. The normalized spacial score (nSPS) is 10.1. The molecule has 0 unspecified atom stereocenters. The molecule has 6 N–H and O–H groups in total. The molecular formula is C33H35Cl3N4O7. The van der Waals surface area contributed by atoms with Gasteiger partial charge in [0.1, 0.15) is 18.1 Å². The third-order valence-electron chi connectivity index (χ3n) is 7.08. The molecule has 0 aliphatic carbocycles. The van der Waals surface area contributed by atoms with Gasteiger partial charge in [0.05, 0.1) is 33.8 Å². The molecule has 0 aliphatic rings. The first kappa shape index (κ1) is 38.2. The topological polar surface area (TPSA) is 163 Å². The molecule has 4 aromatic carbocycles. The highest BCUT2D eigenvalue weighted by Gasteiger charge is 2.27. The van der Waals surface area contributed by atoms with Gasteiger partial charge >= 0.3 is 5.97 Å². The number of esters is 1. The standard InChI is InChI=1S/C33H32N4O7.3ClH/c1-40-27-13-19(14-28(41-2)31(27)42-3)29-25-10-9-24(44-17-18-11-21(35)15-22(36)12-18)16-26(25)32(38)37(30(29)33(39)43-4)23-7-5-20(34)6-8-23;;;/h5-16H,17,34-36H2,1-4H3;3*1H. The van der Waals surface area contributed by atoms with E-state index in [0.29, 0.717) is 62.3 Å². The number of anilines is 3. The number of carbonyl (C=O) groups excluding carboxylic acids is 1. The quantitative estimate of drug-likeness (QED) is 0.121. The molecule has 14 heteroatoms. The number of carbonyl (C=O) groups is 1. The molecule has 0 saturated carbocycles. The van der Waals surface area contributed by atoms with E-state index in [9.17, 15) is 9.59 Å². The van der Waals surface area contributed by atoms with Crippen molar-refractivity contribution in [2.75, 3.05) is 45.6 Å². The van der Waals surface area contributed by atoms with Crippen molar-refractivity contribution in [1.82, 2.24) is 4.57 Å². The zero-order valence-electron chi connectivity index (χ0n) is 25.9. The lowest BCUT2D eigenvalue weighted by atomic mass is 9.95. The van der Waals surface area contributed by atoms with Crippen LogP contribution in [0.1, 0.15) is 16.1 Å². The van der Waals surface area contributed by atoms with Gasteiger partial charge in [-0.2, -0.15) is 0 Å². The van der Waals surface area contributed by atoms with Crippen molar-refractivity contribution in [3.05, 3.63) is 94.4 Å². The fraction of sp³-hybridized carbons (Fsp3) is 0.152. The molecule has 0 radical (unpaired) electrons. The molecule has 0 amide bonds. The first-order valence-corrected chi connectivity index (χ1v) is 13.4. The Morgan fingerprint density at radius 1 is 0.702 bits per heavy atom. The summed E-state index contributed by atoms with van der Waals surface area (Å²) in [6, 6.07) is 20.2. The predicted molar refractivity (Wildman–Crippen MR) is 192 cm³/mol. The second-order valence-corrected chi connectivity index (χ2v) is 9.87. The third kappa shape index (κ3) is 7.54. The van der Waals surface area contributed by atoms with Crippen molar-refractivity contribution in [3.8, 4) is 39.8 Å². The Morgan fingerprint density at radius 3 is 1.83 bits per heavy atom. The van der Waals surface area contributed by atoms with Crippen LogP contribution in [0.25, 0.3) is 27.6 Å². The zero-order chi connectivity index (χ0) is 31.5. The smallest absolute Gasteiger partial charge is 0.355 e. The van der Waals surface area contributed by atoms with Crippen LogP contribution in [0, 0.1) is 0 Å². The van der Waals surface area contributed by atoms with Gasteiger partial charge in [0.15, 0.2) is 11.5 Å². The first-order valence-electron chi connectivity index (χ1n) is 13.4. The number of hydrogen-bond acceptors (Lipinski definition) is 10. The van der Waals surface area contributed by atoms with Gasteiger partial charge in [-0.15, -0.1) is 37.2 Å². The lowest BCUT2D eigenvalue weighted by Gasteiger charge is -2.21. The molecule has 0 aliphatic heterocycles. The summed E-state index contributed by atoms with van der Waals surface area (Å²) in [4.78, 5) is 27.8. The highest BCUT2D eigenvalue weighted by Crippen LogP contribution is 2.44. The van der Waals surface area contributed by atoms with E-state index in [1.54, 1.807) is 72.8 Å². The van der Waals surface area contributed by atoms with Gasteiger partial charge in [0, 0.05) is 28.3 Å². The van der Waals surface area contributed by atoms with Crippen molar-refractivity contribution < 1.29 is 28.5 Å². The minimum atomic E-state index is -0.732. The largest absolute Gasteiger partial charge is 0.493 e. The molecule has 11 nitrogen and oxygen atoms in total. The molecule has 1 heterocycles. The van der Waals surface area contributed by atoms with Crippen LogP contribution in [0.15, 0.2) is 77.6 Å². The van der Waals surface area contributed by atoms with Crippen LogP contribution in [0.3, 0.4) is 0 Å². The highest BCUT2D eigenvalue weighted by molar-refractivity contribution is 6.08. The fourth-order valence-corrected chi connectivity index (χ4v) is 5.14. The molecule has 47 heavy (non-hydrogen) atoms. The van der Waals surface area contributed by atoms with Crippen LogP contribution in [-0.2, 0) is 11.3 Å². The van der Waals surface area contributed by atoms with E-state index in [4.69, 9.17) is 40.9 Å². The van der Waals surface area contributed by atoms with Crippen LogP contribution in [0.2, 0.25) is 0 Å². The summed E-state index contributed by atoms with van der Waals surface area (Å²) in [5, 5.41) is 0.750. The van der Waals surface area contributed by atoms with E-state index in [-0.39, 0.29) is 54.9 Å². The maximum Gasteiger partial charge on any atom is 0.355 e.